The van der Waals surface area contributed by atoms with Gasteiger partial charge in [-0.3, -0.25) is 4.79 Å². The molecule has 2 rings (SSSR count). The maximum absolute atomic E-state index is 11.8. The lowest BCUT2D eigenvalue weighted by molar-refractivity contribution is -0.127. The van der Waals surface area contributed by atoms with Crippen LogP contribution in [-0.4, -0.2) is 66.6 Å². The van der Waals surface area contributed by atoms with Gasteiger partial charge in [-0.15, -0.1) is 35.3 Å². The van der Waals surface area contributed by atoms with Crippen LogP contribution in [0.5, 0.6) is 0 Å². The molecule has 1 saturated heterocycles. The van der Waals surface area contributed by atoms with Gasteiger partial charge in [0.05, 0.1) is 12.6 Å². The number of hydrogen-bond acceptors (Lipinski definition) is 4. The lowest BCUT2D eigenvalue weighted by atomic mass is 10.0. The van der Waals surface area contributed by atoms with Crippen LogP contribution in [0.25, 0.3) is 0 Å². The Morgan fingerprint density at radius 1 is 1.58 bits per heavy atom. The van der Waals surface area contributed by atoms with E-state index in [0.717, 1.165) is 25.5 Å². The Morgan fingerprint density at radius 2 is 2.33 bits per heavy atom. The normalized spacial score (nSPS) is 18.9. The minimum absolute atomic E-state index is 0. The Morgan fingerprint density at radius 3 is 2.88 bits per heavy atom. The summed E-state index contributed by atoms with van der Waals surface area (Å²) < 4.78 is 0. The van der Waals surface area contributed by atoms with Crippen molar-refractivity contribution < 1.29 is 9.90 Å². The quantitative estimate of drug-likeness (QED) is 0.393. The van der Waals surface area contributed by atoms with Gasteiger partial charge in [-0.25, -0.2) is 4.99 Å². The summed E-state index contributed by atoms with van der Waals surface area (Å²) in [4.78, 5) is 21.2. The largest absolute Gasteiger partial charge is 0.393 e. The maximum atomic E-state index is 11.8. The first kappa shape index (κ1) is 21.2. The Hall–Kier alpha value is -0.870. The molecular formula is C16H27IN4O2S. The van der Waals surface area contributed by atoms with E-state index in [1.165, 1.54) is 4.88 Å². The predicted octanol–water partition coefficient (Wildman–Crippen LogP) is 1.60. The standard InChI is InChI=1S/C16H26N4O2S.HI/c1-12(21)13-6-7-20(11-13)16(18-10-15(22)19(2)3)17-9-14-5-4-8-23-14;/h4-5,8,12-13,21H,6-7,9-11H2,1-3H3,(H,17,18);1H. The molecule has 1 aromatic rings. The van der Waals surface area contributed by atoms with E-state index in [-0.39, 0.29) is 48.5 Å². The van der Waals surface area contributed by atoms with Crippen molar-refractivity contribution in [1.82, 2.24) is 15.1 Å². The van der Waals surface area contributed by atoms with E-state index in [4.69, 9.17) is 0 Å². The summed E-state index contributed by atoms with van der Waals surface area (Å²) >= 11 is 1.69. The maximum Gasteiger partial charge on any atom is 0.243 e. The van der Waals surface area contributed by atoms with E-state index in [2.05, 4.69) is 21.3 Å². The molecule has 1 aromatic heterocycles. The van der Waals surface area contributed by atoms with E-state index in [9.17, 15) is 9.90 Å². The van der Waals surface area contributed by atoms with Gasteiger partial charge in [0.15, 0.2) is 5.96 Å². The van der Waals surface area contributed by atoms with Crippen LogP contribution in [0.1, 0.15) is 18.2 Å². The number of nitrogens with zero attached hydrogens (tertiary/aromatic N) is 3. The molecule has 1 aliphatic rings. The first-order chi connectivity index (χ1) is 11.0. The minimum atomic E-state index is -0.318. The number of aliphatic imine (C=N–C) groups is 1. The lowest BCUT2D eigenvalue weighted by Crippen LogP contribution is -2.41. The number of carbonyl (C=O) groups excluding carboxylic acids is 1. The summed E-state index contributed by atoms with van der Waals surface area (Å²) in [6, 6.07) is 4.09. The Labute approximate surface area is 165 Å². The summed E-state index contributed by atoms with van der Waals surface area (Å²) in [5.74, 6) is 0.983. The number of likely N-dealkylation sites (tertiary alicyclic amines) is 1. The second kappa shape index (κ2) is 10.2. The number of aliphatic hydroxyl groups is 1. The van der Waals surface area contributed by atoms with Gasteiger partial charge in [0.25, 0.3) is 0 Å². The zero-order chi connectivity index (χ0) is 16.8. The number of nitrogens with one attached hydrogen (secondary N) is 1. The second-order valence-electron chi connectivity index (χ2n) is 6.10. The zero-order valence-corrected chi connectivity index (χ0v) is 17.6. The highest BCUT2D eigenvalue weighted by molar-refractivity contribution is 14.0. The average Bonchev–Trinajstić information content (AvgIpc) is 3.18. The number of likely N-dealkylation sites (N-methyl/N-ethyl adjacent to an activating group) is 1. The van der Waals surface area contributed by atoms with Crippen molar-refractivity contribution >= 4 is 47.2 Å². The second-order valence-corrected chi connectivity index (χ2v) is 7.13. The van der Waals surface area contributed by atoms with Crippen molar-refractivity contribution in [3.8, 4) is 0 Å². The molecule has 6 nitrogen and oxygen atoms in total. The van der Waals surface area contributed by atoms with Crippen LogP contribution in [-0.2, 0) is 11.3 Å². The Kier molecular flexibility index (Phi) is 8.99. The van der Waals surface area contributed by atoms with Crippen molar-refractivity contribution in [2.45, 2.75) is 26.0 Å². The summed E-state index contributed by atoms with van der Waals surface area (Å²) in [5.41, 5.74) is 0. The third-order valence-corrected chi connectivity index (χ3v) is 4.95. The number of halogens is 1. The fourth-order valence-corrected chi connectivity index (χ4v) is 3.15. The van der Waals surface area contributed by atoms with Gasteiger partial charge in [0.1, 0.15) is 6.54 Å². The summed E-state index contributed by atoms with van der Waals surface area (Å²) in [6.45, 7) is 4.28. The minimum Gasteiger partial charge on any atom is -0.393 e. The molecule has 1 aliphatic heterocycles. The van der Waals surface area contributed by atoms with E-state index in [1.807, 2.05) is 18.4 Å². The molecule has 1 fully saturated rings. The molecule has 0 bridgehead atoms. The van der Waals surface area contributed by atoms with Crippen molar-refractivity contribution in [3.63, 3.8) is 0 Å². The van der Waals surface area contributed by atoms with Crippen LogP contribution in [0, 0.1) is 5.92 Å². The van der Waals surface area contributed by atoms with E-state index in [0.29, 0.717) is 6.54 Å². The number of thiophene rings is 1. The van der Waals surface area contributed by atoms with Crippen LogP contribution in [0.4, 0.5) is 0 Å². The van der Waals surface area contributed by atoms with E-state index >= 15 is 0 Å². The number of carbonyl (C=O) groups is 1. The van der Waals surface area contributed by atoms with E-state index < -0.39 is 0 Å². The third-order valence-electron chi connectivity index (χ3n) is 4.07. The van der Waals surface area contributed by atoms with Crippen LogP contribution in [0.2, 0.25) is 0 Å². The number of rotatable bonds is 5. The summed E-state index contributed by atoms with van der Waals surface area (Å²) in [5, 5.41) is 15.2. The average molecular weight is 466 g/mol. The lowest BCUT2D eigenvalue weighted by Gasteiger charge is -2.23. The molecule has 0 aliphatic carbocycles. The highest BCUT2D eigenvalue weighted by Crippen LogP contribution is 2.20. The summed E-state index contributed by atoms with van der Waals surface area (Å²) in [7, 11) is 3.46. The molecule has 2 atom stereocenters. The van der Waals surface area contributed by atoms with Crippen molar-refractivity contribution in [1.29, 1.82) is 0 Å². The third kappa shape index (κ3) is 6.21. The van der Waals surface area contributed by atoms with Crippen LogP contribution >= 0.6 is 35.3 Å². The molecule has 2 N–H and O–H groups in total. The molecule has 8 heteroatoms. The number of aliphatic hydroxyl groups excluding tert-OH is 1. The molecule has 2 heterocycles. The number of guanidine groups is 1. The van der Waals surface area contributed by atoms with Crippen molar-refractivity contribution in [3.05, 3.63) is 22.4 Å². The first-order valence-electron chi connectivity index (χ1n) is 7.91. The number of amides is 1. The first-order valence-corrected chi connectivity index (χ1v) is 8.79. The highest BCUT2D eigenvalue weighted by atomic mass is 127. The molecule has 136 valence electrons. The zero-order valence-electron chi connectivity index (χ0n) is 14.4. The van der Waals surface area contributed by atoms with Gasteiger partial charge in [0, 0.05) is 38.0 Å². The van der Waals surface area contributed by atoms with Crippen molar-refractivity contribution in [2.24, 2.45) is 10.9 Å². The molecule has 24 heavy (non-hydrogen) atoms. The number of hydrogen-bond donors (Lipinski definition) is 2. The summed E-state index contributed by atoms with van der Waals surface area (Å²) in [6.07, 6.45) is 0.626. The molecule has 0 aromatic carbocycles. The molecule has 1 amide bonds. The fourth-order valence-electron chi connectivity index (χ4n) is 2.50. The van der Waals surface area contributed by atoms with Crippen molar-refractivity contribution in [2.75, 3.05) is 33.7 Å². The van der Waals surface area contributed by atoms with Gasteiger partial charge >= 0.3 is 0 Å². The van der Waals surface area contributed by atoms with Gasteiger partial charge in [-0.2, -0.15) is 0 Å². The topological polar surface area (TPSA) is 68.2 Å². The monoisotopic (exact) mass is 466 g/mol. The van der Waals surface area contributed by atoms with Crippen LogP contribution in [0.15, 0.2) is 22.5 Å². The molecular weight excluding hydrogens is 439 g/mol. The van der Waals surface area contributed by atoms with Gasteiger partial charge in [0.2, 0.25) is 5.91 Å². The van der Waals surface area contributed by atoms with Gasteiger partial charge in [-0.1, -0.05) is 6.07 Å². The van der Waals surface area contributed by atoms with Gasteiger partial charge < -0.3 is 20.2 Å². The molecule has 0 radical (unpaired) electrons. The molecule has 0 spiro atoms. The Balaban J connectivity index is 0.00000288. The highest BCUT2D eigenvalue weighted by Gasteiger charge is 2.28. The van der Waals surface area contributed by atoms with Gasteiger partial charge in [-0.05, 0) is 24.8 Å². The predicted molar refractivity (Wildman–Crippen MR) is 109 cm³/mol. The van der Waals surface area contributed by atoms with Crippen LogP contribution < -0.4 is 5.32 Å². The van der Waals surface area contributed by atoms with E-state index in [1.54, 1.807) is 30.3 Å². The van der Waals surface area contributed by atoms with Crippen LogP contribution in [0.3, 0.4) is 0 Å². The molecule has 0 saturated carbocycles. The SMILES string of the molecule is CC(O)C1CCN(C(=NCC(=O)N(C)C)NCc2cccs2)C1.I. The smallest absolute Gasteiger partial charge is 0.243 e. The molecule has 2 unspecified atom stereocenters. The Bertz CT molecular complexity index is 534. The fraction of sp³-hybridized carbons (Fsp3) is 0.625.